The van der Waals surface area contributed by atoms with Gasteiger partial charge in [0.1, 0.15) is 34.2 Å². The molecule has 0 spiro atoms. The number of aromatic hydroxyl groups is 1. The van der Waals surface area contributed by atoms with Crippen LogP contribution in [0.1, 0.15) is 31.4 Å². The Bertz CT molecular complexity index is 872. The molecule has 2 unspecified atom stereocenters. The summed E-state index contributed by atoms with van der Waals surface area (Å²) < 4.78 is 26.5. The second-order valence-electron chi connectivity index (χ2n) is 6.29. The van der Waals surface area contributed by atoms with E-state index in [4.69, 9.17) is 15.5 Å². The van der Waals surface area contributed by atoms with E-state index in [2.05, 4.69) is 0 Å². The third kappa shape index (κ3) is 6.91. The van der Waals surface area contributed by atoms with Crippen molar-refractivity contribution in [2.24, 2.45) is 0 Å². The van der Waals surface area contributed by atoms with Gasteiger partial charge in [-0.05, 0) is 37.1 Å². The fourth-order valence-corrected chi connectivity index (χ4v) is 4.01. The Morgan fingerprint density at radius 2 is 1.93 bits per heavy atom. The van der Waals surface area contributed by atoms with Crippen molar-refractivity contribution in [3.05, 3.63) is 59.4 Å². The van der Waals surface area contributed by atoms with Crippen LogP contribution in [0.3, 0.4) is 0 Å². The molecule has 0 bridgehead atoms. The summed E-state index contributed by atoms with van der Waals surface area (Å²) in [6.45, 7) is 6.43. The van der Waals surface area contributed by atoms with Gasteiger partial charge in [0, 0.05) is 19.2 Å². The van der Waals surface area contributed by atoms with Crippen LogP contribution in [0.25, 0.3) is 0 Å². The Balaban J connectivity index is 0.000000299. The van der Waals surface area contributed by atoms with Crippen LogP contribution in [0.2, 0.25) is 0 Å². The number of hydrogen-bond donors (Lipinski definition) is 3. The van der Waals surface area contributed by atoms with Gasteiger partial charge in [0.25, 0.3) is 0 Å². The Morgan fingerprint density at radius 3 is 2.45 bits per heavy atom. The third-order valence-corrected chi connectivity index (χ3v) is 5.80. The van der Waals surface area contributed by atoms with Crippen molar-refractivity contribution in [2.75, 3.05) is 19.7 Å². The normalized spacial score (nSPS) is 19.2. The van der Waals surface area contributed by atoms with Crippen LogP contribution in [0.4, 0.5) is 4.39 Å². The Labute approximate surface area is 173 Å². The number of β-amino-alcohol motifs (C(OH)–C–C–N with tert-alkyl or cyclic N) is 1. The van der Waals surface area contributed by atoms with Crippen molar-refractivity contribution >= 4 is 11.0 Å². The average molecular weight is 423 g/mol. The van der Waals surface area contributed by atoms with Gasteiger partial charge in [-0.25, -0.2) is 12.9 Å². The summed E-state index contributed by atoms with van der Waals surface area (Å²) in [5, 5.41) is 35.9. The van der Waals surface area contributed by atoms with Gasteiger partial charge in [0.15, 0.2) is 0 Å². The molecule has 2 aromatic carbocycles. The molecule has 6 nitrogen and oxygen atoms in total. The lowest BCUT2D eigenvalue weighted by Crippen LogP contribution is -2.37. The topological polar surface area (TPSA) is 105 Å². The third-order valence-electron chi connectivity index (χ3n) is 4.18. The number of aliphatic hydroxyl groups excluding tert-OH is 1. The highest BCUT2D eigenvalue weighted by Gasteiger charge is 2.38. The number of hydrogen-bond acceptors (Lipinski definition) is 5. The van der Waals surface area contributed by atoms with Crippen LogP contribution in [0, 0.1) is 24.1 Å². The summed E-state index contributed by atoms with van der Waals surface area (Å²) in [6.07, 6.45) is 0.459. The predicted octanol–water partition coefficient (Wildman–Crippen LogP) is 2.88. The molecule has 3 N–H and O–H groups in total. The number of benzene rings is 2. The highest BCUT2D eigenvalue weighted by molar-refractivity contribution is 7.82. The fourth-order valence-electron chi connectivity index (χ4n) is 2.58. The van der Waals surface area contributed by atoms with Gasteiger partial charge in [0.2, 0.25) is 0 Å². The minimum absolute atomic E-state index is 0.0576. The summed E-state index contributed by atoms with van der Waals surface area (Å²) >= 11 is 0. The first-order valence-electron chi connectivity index (χ1n) is 9.24. The number of nitriles is 1. The molecule has 0 radical (unpaired) electrons. The molecule has 8 heteroatoms. The summed E-state index contributed by atoms with van der Waals surface area (Å²) in [7, 11) is -1.26. The lowest BCUT2D eigenvalue weighted by molar-refractivity contribution is -0.000504. The molecule has 0 saturated carbocycles. The van der Waals surface area contributed by atoms with Crippen molar-refractivity contribution < 1.29 is 23.9 Å². The molecule has 0 aliphatic carbocycles. The van der Waals surface area contributed by atoms with E-state index in [1.165, 1.54) is 12.1 Å². The average Bonchev–Trinajstić information content (AvgIpc) is 3.13. The van der Waals surface area contributed by atoms with E-state index in [-0.39, 0.29) is 24.5 Å². The zero-order valence-corrected chi connectivity index (χ0v) is 17.6. The molecule has 0 aromatic heterocycles. The van der Waals surface area contributed by atoms with Crippen LogP contribution < -0.4 is 0 Å². The van der Waals surface area contributed by atoms with Crippen LogP contribution in [-0.4, -0.2) is 49.1 Å². The lowest BCUT2D eigenvalue weighted by atomic mass is 10.1. The first kappa shape index (κ1) is 24.7. The molecule has 3 rings (SSSR count). The van der Waals surface area contributed by atoms with Gasteiger partial charge in [-0.1, -0.05) is 32.0 Å². The van der Waals surface area contributed by atoms with E-state index in [0.29, 0.717) is 13.0 Å². The van der Waals surface area contributed by atoms with Crippen LogP contribution in [0.5, 0.6) is 5.75 Å². The second-order valence-corrected chi connectivity index (χ2v) is 7.74. The summed E-state index contributed by atoms with van der Waals surface area (Å²) in [4.78, 5) is 0.773. The van der Waals surface area contributed by atoms with Crippen molar-refractivity contribution in [1.29, 1.82) is 5.26 Å². The quantitative estimate of drug-likeness (QED) is 0.705. The largest absolute Gasteiger partial charge is 0.508 e. The van der Waals surface area contributed by atoms with Crippen molar-refractivity contribution in [2.45, 2.75) is 37.7 Å². The van der Waals surface area contributed by atoms with Gasteiger partial charge < -0.3 is 15.3 Å². The van der Waals surface area contributed by atoms with Crippen LogP contribution in [-0.2, 0) is 11.0 Å². The van der Waals surface area contributed by atoms with Gasteiger partial charge in [0.05, 0.1) is 17.1 Å². The highest BCUT2D eigenvalue weighted by atomic mass is 32.2. The number of nitrogens with zero attached hydrogens (tertiary/aromatic N) is 2. The van der Waals surface area contributed by atoms with Gasteiger partial charge in [-0.3, -0.25) is 0 Å². The fraction of sp³-hybridized carbons (Fsp3) is 0.381. The predicted molar refractivity (Wildman–Crippen MR) is 110 cm³/mol. The first-order chi connectivity index (χ1) is 13.8. The van der Waals surface area contributed by atoms with E-state index in [1.54, 1.807) is 10.4 Å². The van der Waals surface area contributed by atoms with Gasteiger partial charge in [-0.2, -0.15) is 5.26 Å². The molecule has 0 amide bonds. The van der Waals surface area contributed by atoms with E-state index >= 15 is 0 Å². The van der Waals surface area contributed by atoms with Gasteiger partial charge in [-0.15, -0.1) is 0 Å². The molecule has 1 aliphatic heterocycles. The second kappa shape index (κ2) is 11.6. The van der Waals surface area contributed by atoms with Crippen molar-refractivity contribution in [3.63, 3.8) is 0 Å². The SMILES string of the molecule is CC.Cc1ccccc1S(=O)N1CCC(O)(CO)C1.N#Cc1ccc(O)cc1F. The van der Waals surface area contributed by atoms with Crippen LogP contribution in [0.15, 0.2) is 47.4 Å². The van der Waals surface area contributed by atoms with Crippen molar-refractivity contribution in [3.8, 4) is 11.8 Å². The zero-order valence-electron chi connectivity index (χ0n) is 16.8. The standard InChI is InChI=1S/C12H17NO3S.C7H4FNO.C2H6/c1-10-4-2-3-5-11(10)17(16)13-7-6-12(15,8-13)9-14;8-7-3-6(10)2-1-5(7)4-9;1-2/h2-5,14-15H,6-9H2,1H3;1-3,10H;1-2H3. The van der Waals surface area contributed by atoms with E-state index in [0.717, 1.165) is 16.5 Å². The minimum atomic E-state index is -1.26. The Hall–Kier alpha value is -2.31. The molecular formula is C21H27FN2O4S. The minimum Gasteiger partial charge on any atom is -0.508 e. The number of phenolic OH excluding ortho intramolecular Hbond substituents is 1. The number of phenols is 1. The highest BCUT2D eigenvalue weighted by Crippen LogP contribution is 2.25. The molecule has 1 heterocycles. The zero-order chi connectivity index (χ0) is 22.0. The maximum Gasteiger partial charge on any atom is 0.144 e. The molecule has 29 heavy (non-hydrogen) atoms. The monoisotopic (exact) mass is 422 g/mol. The summed E-state index contributed by atoms with van der Waals surface area (Å²) in [6, 6.07) is 12.5. The summed E-state index contributed by atoms with van der Waals surface area (Å²) in [5.74, 6) is -0.862. The Kier molecular flexibility index (Phi) is 9.92. The van der Waals surface area contributed by atoms with E-state index in [9.17, 15) is 13.7 Å². The molecule has 1 aliphatic rings. The smallest absolute Gasteiger partial charge is 0.144 e. The maximum absolute atomic E-state index is 12.5. The molecule has 1 fully saturated rings. The Morgan fingerprint density at radius 1 is 1.28 bits per heavy atom. The first-order valence-corrected chi connectivity index (χ1v) is 10.3. The molecule has 2 atom stereocenters. The number of aliphatic hydroxyl groups is 2. The number of halogens is 1. The van der Waals surface area contributed by atoms with E-state index < -0.39 is 22.4 Å². The number of rotatable bonds is 3. The lowest BCUT2D eigenvalue weighted by Gasteiger charge is -2.20. The van der Waals surface area contributed by atoms with E-state index in [1.807, 2.05) is 45.0 Å². The molecule has 158 valence electrons. The molecule has 1 saturated heterocycles. The number of aryl methyl sites for hydroxylation is 1. The molecule has 2 aromatic rings. The maximum atomic E-state index is 12.5. The molecular weight excluding hydrogens is 395 g/mol. The summed E-state index contributed by atoms with van der Waals surface area (Å²) in [5.41, 5.74) is -0.179. The van der Waals surface area contributed by atoms with Gasteiger partial charge >= 0.3 is 0 Å². The van der Waals surface area contributed by atoms with Crippen LogP contribution >= 0.6 is 0 Å². The van der Waals surface area contributed by atoms with Crippen molar-refractivity contribution in [1.82, 2.24) is 4.31 Å².